The van der Waals surface area contributed by atoms with E-state index in [1.54, 1.807) is 6.07 Å². The van der Waals surface area contributed by atoms with Crippen molar-refractivity contribution in [1.29, 1.82) is 0 Å². The molecule has 1 aromatic carbocycles. The zero-order chi connectivity index (χ0) is 10.8. The van der Waals surface area contributed by atoms with E-state index in [-0.39, 0.29) is 5.82 Å². The number of nitrogens with two attached hydrogens (primary N) is 1. The Hall–Kier alpha value is -1.35. The first-order valence-electron chi connectivity index (χ1n) is 5.24. The second-order valence-corrected chi connectivity index (χ2v) is 3.62. The Morgan fingerprint density at radius 2 is 2.13 bits per heavy atom. The minimum atomic E-state index is -0.186. The van der Waals surface area contributed by atoms with Gasteiger partial charge in [-0.2, -0.15) is 0 Å². The first-order valence-corrected chi connectivity index (χ1v) is 5.24. The molecule has 0 aliphatic rings. The van der Waals surface area contributed by atoms with Crippen molar-refractivity contribution in [3.63, 3.8) is 0 Å². The minimum absolute atomic E-state index is 0.186. The number of rotatable bonds is 3. The summed E-state index contributed by atoms with van der Waals surface area (Å²) >= 11 is 0. The highest BCUT2D eigenvalue weighted by molar-refractivity contribution is 5.81. The van der Waals surface area contributed by atoms with Crippen LogP contribution in [0.3, 0.4) is 0 Å². The molecule has 0 unspecified atom stereocenters. The third-order valence-corrected chi connectivity index (χ3v) is 2.67. The van der Waals surface area contributed by atoms with Crippen molar-refractivity contribution >= 4 is 10.9 Å². The predicted molar refractivity (Wildman–Crippen MR) is 60.3 cm³/mol. The summed E-state index contributed by atoms with van der Waals surface area (Å²) in [5.41, 5.74) is 7.69. The smallest absolute Gasteiger partial charge is 0.125 e. The number of hydrogen-bond donors (Lipinski definition) is 1. The molecule has 1 heterocycles. The van der Waals surface area contributed by atoms with Gasteiger partial charge in [0.05, 0.1) is 5.52 Å². The predicted octanol–water partition coefficient (Wildman–Crippen LogP) is 2.30. The Labute approximate surface area is 88.5 Å². The molecule has 0 fully saturated rings. The van der Waals surface area contributed by atoms with Gasteiger partial charge in [0.15, 0.2) is 0 Å². The van der Waals surface area contributed by atoms with Crippen LogP contribution in [0.15, 0.2) is 24.3 Å². The molecule has 0 aliphatic carbocycles. The molecule has 1 aromatic heterocycles. The number of hydrogen-bond acceptors (Lipinski definition) is 1. The number of halogens is 1. The summed E-state index contributed by atoms with van der Waals surface area (Å²) in [6.07, 6.45) is 0.837. The molecule has 2 rings (SSSR count). The maximum atomic E-state index is 13.1. The van der Waals surface area contributed by atoms with Crippen LogP contribution in [0.2, 0.25) is 0 Å². The van der Waals surface area contributed by atoms with Gasteiger partial charge in [0.25, 0.3) is 0 Å². The molecule has 80 valence electrons. The van der Waals surface area contributed by atoms with Gasteiger partial charge in [0.2, 0.25) is 0 Å². The van der Waals surface area contributed by atoms with E-state index in [1.165, 1.54) is 11.8 Å². The van der Waals surface area contributed by atoms with E-state index in [2.05, 4.69) is 17.6 Å². The first-order chi connectivity index (χ1) is 7.26. The quantitative estimate of drug-likeness (QED) is 0.820. The highest BCUT2D eigenvalue weighted by Crippen LogP contribution is 2.21. The molecule has 2 aromatic rings. The fourth-order valence-electron chi connectivity index (χ4n) is 2.01. The van der Waals surface area contributed by atoms with Gasteiger partial charge in [-0.1, -0.05) is 0 Å². The van der Waals surface area contributed by atoms with Crippen LogP contribution < -0.4 is 5.73 Å². The standard InChI is InChI=1S/C12H15FN2/c1-2-15-11(5-6-14)7-9-3-4-10(13)8-12(9)15/h3-4,7-8H,2,5-6,14H2,1H3. The van der Waals surface area contributed by atoms with E-state index in [4.69, 9.17) is 5.73 Å². The van der Waals surface area contributed by atoms with Gasteiger partial charge in [-0.25, -0.2) is 4.39 Å². The Bertz CT molecular complexity index is 474. The van der Waals surface area contributed by atoms with Crippen LogP contribution in [0.25, 0.3) is 10.9 Å². The van der Waals surface area contributed by atoms with Gasteiger partial charge in [-0.3, -0.25) is 0 Å². The van der Waals surface area contributed by atoms with Crippen molar-refractivity contribution < 1.29 is 4.39 Å². The van der Waals surface area contributed by atoms with Crippen molar-refractivity contribution in [2.24, 2.45) is 5.73 Å². The second kappa shape index (κ2) is 4.03. The molecule has 15 heavy (non-hydrogen) atoms. The van der Waals surface area contributed by atoms with E-state index >= 15 is 0 Å². The van der Waals surface area contributed by atoms with Gasteiger partial charge in [-0.15, -0.1) is 0 Å². The Morgan fingerprint density at radius 1 is 1.33 bits per heavy atom. The number of fused-ring (bicyclic) bond motifs is 1. The molecule has 0 amide bonds. The van der Waals surface area contributed by atoms with Crippen molar-refractivity contribution in [1.82, 2.24) is 4.57 Å². The number of aromatic nitrogens is 1. The van der Waals surface area contributed by atoms with E-state index < -0.39 is 0 Å². The van der Waals surface area contributed by atoms with Crippen LogP contribution in [0.4, 0.5) is 4.39 Å². The maximum Gasteiger partial charge on any atom is 0.125 e. The van der Waals surface area contributed by atoms with E-state index in [9.17, 15) is 4.39 Å². The highest BCUT2D eigenvalue weighted by atomic mass is 19.1. The van der Waals surface area contributed by atoms with Crippen molar-refractivity contribution in [3.05, 3.63) is 35.8 Å². The summed E-state index contributed by atoms with van der Waals surface area (Å²) in [6, 6.07) is 6.98. The third-order valence-electron chi connectivity index (χ3n) is 2.67. The van der Waals surface area contributed by atoms with Crippen LogP contribution >= 0.6 is 0 Å². The van der Waals surface area contributed by atoms with Crippen molar-refractivity contribution in [3.8, 4) is 0 Å². The molecule has 0 atom stereocenters. The van der Waals surface area contributed by atoms with E-state index in [0.29, 0.717) is 6.54 Å². The Morgan fingerprint density at radius 3 is 2.80 bits per heavy atom. The lowest BCUT2D eigenvalue weighted by Crippen LogP contribution is -2.08. The minimum Gasteiger partial charge on any atom is -0.345 e. The van der Waals surface area contributed by atoms with Crippen LogP contribution in [-0.2, 0) is 13.0 Å². The van der Waals surface area contributed by atoms with Gasteiger partial charge < -0.3 is 10.3 Å². The summed E-state index contributed by atoms with van der Waals surface area (Å²) < 4.78 is 15.2. The molecule has 0 radical (unpaired) electrons. The summed E-state index contributed by atoms with van der Waals surface area (Å²) in [5, 5.41) is 1.08. The number of benzene rings is 1. The fourth-order valence-corrected chi connectivity index (χ4v) is 2.01. The summed E-state index contributed by atoms with van der Waals surface area (Å²) in [7, 11) is 0. The van der Waals surface area contributed by atoms with Crippen LogP contribution in [-0.4, -0.2) is 11.1 Å². The first kappa shape index (κ1) is 10.2. The monoisotopic (exact) mass is 206 g/mol. The maximum absolute atomic E-state index is 13.1. The lowest BCUT2D eigenvalue weighted by atomic mass is 10.2. The molecule has 0 aliphatic heterocycles. The number of aryl methyl sites for hydroxylation is 1. The molecule has 0 bridgehead atoms. The average Bonchev–Trinajstić information content (AvgIpc) is 2.55. The SMILES string of the molecule is CCn1c(CCN)cc2ccc(F)cc21. The van der Waals surface area contributed by atoms with Gasteiger partial charge in [0, 0.05) is 17.6 Å². The van der Waals surface area contributed by atoms with Gasteiger partial charge >= 0.3 is 0 Å². The zero-order valence-electron chi connectivity index (χ0n) is 8.83. The topological polar surface area (TPSA) is 30.9 Å². The lowest BCUT2D eigenvalue weighted by molar-refractivity contribution is 0.627. The Balaban J connectivity index is 2.63. The van der Waals surface area contributed by atoms with E-state index in [0.717, 1.165) is 23.9 Å². The van der Waals surface area contributed by atoms with Crippen LogP contribution in [0.5, 0.6) is 0 Å². The fraction of sp³-hybridized carbons (Fsp3) is 0.333. The normalized spacial score (nSPS) is 11.1. The molecular weight excluding hydrogens is 191 g/mol. The largest absolute Gasteiger partial charge is 0.345 e. The molecule has 0 saturated carbocycles. The molecular formula is C12H15FN2. The lowest BCUT2D eigenvalue weighted by Gasteiger charge is -2.06. The van der Waals surface area contributed by atoms with E-state index in [1.807, 2.05) is 6.07 Å². The molecule has 0 saturated heterocycles. The molecule has 2 N–H and O–H groups in total. The second-order valence-electron chi connectivity index (χ2n) is 3.62. The molecule has 3 heteroatoms. The highest BCUT2D eigenvalue weighted by Gasteiger charge is 2.07. The molecule has 2 nitrogen and oxygen atoms in total. The van der Waals surface area contributed by atoms with Gasteiger partial charge in [0.1, 0.15) is 5.82 Å². The summed E-state index contributed by atoms with van der Waals surface area (Å²) in [4.78, 5) is 0. The average molecular weight is 206 g/mol. The molecule has 0 spiro atoms. The van der Waals surface area contributed by atoms with Crippen LogP contribution in [0.1, 0.15) is 12.6 Å². The third kappa shape index (κ3) is 1.75. The zero-order valence-corrected chi connectivity index (χ0v) is 8.83. The van der Waals surface area contributed by atoms with Crippen LogP contribution in [0, 0.1) is 5.82 Å². The van der Waals surface area contributed by atoms with Gasteiger partial charge in [-0.05, 0) is 44.2 Å². The van der Waals surface area contributed by atoms with Crippen molar-refractivity contribution in [2.45, 2.75) is 19.9 Å². The summed E-state index contributed by atoms with van der Waals surface area (Å²) in [6.45, 7) is 3.53. The summed E-state index contributed by atoms with van der Waals surface area (Å²) in [5.74, 6) is -0.186. The van der Waals surface area contributed by atoms with Crippen molar-refractivity contribution in [2.75, 3.05) is 6.54 Å². The number of nitrogens with zero attached hydrogens (tertiary/aromatic N) is 1. The Kier molecular flexibility index (Phi) is 2.73.